The van der Waals surface area contributed by atoms with E-state index in [1.54, 1.807) is 6.92 Å². The summed E-state index contributed by atoms with van der Waals surface area (Å²) in [7, 11) is 1.89. The predicted molar refractivity (Wildman–Crippen MR) is 73.5 cm³/mol. The van der Waals surface area contributed by atoms with Gasteiger partial charge in [0.2, 0.25) is 0 Å². The van der Waals surface area contributed by atoms with E-state index in [1.165, 1.54) is 5.56 Å². The largest absolute Gasteiger partial charge is 0.480 e. The molecule has 0 spiro atoms. The van der Waals surface area contributed by atoms with Gasteiger partial charge in [0.1, 0.15) is 6.04 Å². The van der Waals surface area contributed by atoms with E-state index in [1.807, 2.05) is 30.1 Å². The number of rotatable bonds is 6. The van der Waals surface area contributed by atoms with E-state index >= 15 is 0 Å². The molecule has 0 saturated heterocycles. The van der Waals surface area contributed by atoms with Crippen molar-refractivity contribution in [3.05, 3.63) is 35.9 Å². The minimum atomic E-state index is -0.776. The Hall–Kier alpha value is -1.35. The van der Waals surface area contributed by atoms with Crippen LogP contribution in [0.5, 0.6) is 0 Å². The second-order valence-electron chi connectivity index (χ2n) is 5.24. The molecule has 0 aliphatic carbocycles. The number of benzene rings is 1. The van der Waals surface area contributed by atoms with Crippen LogP contribution in [0, 0.1) is 5.92 Å². The summed E-state index contributed by atoms with van der Waals surface area (Å²) >= 11 is 0. The van der Waals surface area contributed by atoms with Crippen molar-refractivity contribution in [1.29, 1.82) is 0 Å². The van der Waals surface area contributed by atoms with Crippen LogP contribution in [0.3, 0.4) is 0 Å². The first kappa shape index (κ1) is 14.7. The number of hydrogen-bond donors (Lipinski definition) is 1. The van der Waals surface area contributed by atoms with Gasteiger partial charge in [-0.05, 0) is 31.9 Å². The van der Waals surface area contributed by atoms with Gasteiger partial charge in [-0.2, -0.15) is 0 Å². The van der Waals surface area contributed by atoms with E-state index in [9.17, 15) is 4.79 Å². The van der Waals surface area contributed by atoms with Gasteiger partial charge < -0.3 is 5.11 Å². The fourth-order valence-electron chi connectivity index (χ4n) is 2.10. The van der Waals surface area contributed by atoms with Crippen LogP contribution in [0.1, 0.15) is 38.8 Å². The summed E-state index contributed by atoms with van der Waals surface area (Å²) in [6.07, 6.45) is 0.956. The third-order valence-electron chi connectivity index (χ3n) is 3.34. The lowest BCUT2D eigenvalue weighted by Crippen LogP contribution is -2.39. The highest BCUT2D eigenvalue weighted by Gasteiger charge is 2.26. The van der Waals surface area contributed by atoms with E-state index < -0.39 is 12.0 Å². The van der Waals surface area contributed by atoms with Crippen LogP contribution >= 0.6 is 0 Å². The molecule has 0 aliphatic heterocycles. The first-order valence-corrected chi connectivity index (χ1v) is 6.43. The Bertz CT molecular complexity index is 375. The highest BCUT2D eigenvalue weighted by atomic mass is 16.4. The maximum absolute atomic E-state index is 11.1. The number of aliphatic carboxylic acids is 1. The number of carbonyl (C=O) groups is 1. The average molecular weight is 249 g/mol. The Morgan fingerprint density at radius 1 is 1.22 bits per heavy atom. The van der Waals surface area contributed by atoms with Crippen molar-refractivity contribution in [2.24, 2.45) is 5.92 Å². The van der Waals surface area contributed by atoms with Gasteiger partial charge in [-0.15, -0.1) is 0 Å². The Morgan fingerprint density at radius 3 is 2.22 bits per heavy atom. The zero-order chi connectivity index (χ0) is 13.7. The molecule has 1 N–H and O–H groups in total. The Kier molecular flexibility index (Phi) is 5.35. The van der Waals surface area contributed by atoms with Crippen molar-refractivity contribution < 1.29 is 9.90 Å². The molecule has 3 heteroatoms. The molecule has 0 aliphatic rings. The van der Waals surface area contributed by atoms with Crippen LogP contribution in [-0.4, -0.2) is 29.1 Å². The Balaban J connectivity index is 2.95. The predicted octanol–water partition coefficient (Wildman–Crippen LogP) is 3.18. The van der Waals surface area contributed by atoms with E-state index in [0.29, 0.717) is 5.92 Å². The van der Waals surface area contributed by atoms with E-state index in [2.05, 4.69) is 26.0 Å². The second kappa shape index (κ2) is 6.55. The van der Waals surface area contributed by atoms with Gasteiger partial charge in [0.15, 0.2) is 0 Å². The molecule has 100 valence electrons. The maximum Gasteiger partial charge on any atom is 0.320 e. The molecule has 0 bridgehead atoms. The smallest absolute Gasteiger partial charge is 0.320 e. The Morgan fingerprint density at radius 2 is 1.78 bits per heavy atom. The van der Waals surface area contributed by atoms with Crippen molar-refractivity contribution in [2.75, 3.05) is 7.05 Å². The number of nitrogens with zero attached hydrogens (tertiary/aromatic N) is 1. The standard InChI is InChI=1S/C15H23NO2/c1-11(2)10-14(13-8-6-5-7-9-13)16(4)12(3)15(17)18/h5-9,11-12,14H,10H2,1-4H3,(H,17,18). The van der Waals surface area contributed by atoms with Gasteiger partial charge in [-0.25, -0.2) is 0 Å². The Labute approximate surface area is 109 Å². The number of carboxylic acids is 1. The molecule has 18 heavy (non-hydrogen) atoms. The van der Waals surface area contributed by atoms with E-state index in [-0.39, 0.29) is 6.04 Å². The van der Waals surface area contributed by atoms with Gasteiger partial charge in [0.05, 0.1) is 0 Å². The van der Waals surface area contributed by atoms with Crippen LogP contribution in [0.2, 0.25) is 0 Å². The van der Waals surface area contributed by atoms with Gasteiger partial charge >= 0.3 is 5.97 Å². The van der Waals surface area contributed by atoms with Crippen molar-refractivity contribution in [3.8, 4) is 0 Å². The minimum Gasteiger partial charge on any atom is -0.480 e. The third kappa shape index (κ3) is 3.84. The fraction of sp³-hybridized carbons (Fsp3) is 0.533. The van der Waals surface area contributed by atoms with E-state index in [4.69, 9.17) is 5.11 Å². The van der Waals surface area contributed by atoms with Gasteiger partial charge in [-0.1, -0.05) is 44.2 Å². The SMILES string of the molecule is CC(C)CC(c1ccccc1)N(C)C(C)C(=O)O. The van der Waals surface area contributed by atoms with Crippen molar-refractivity contribution in [1.82, 2.24) is 4.90 Å². The molecular formula is C15H23NO2. The molecule has 3 nitrogen and oxygen atoms in total. The van der Waals surface area contributed by atoms with Crippen molar-refractivity contribution >= 4 is 5.97 Å². The quantitative estimate of drug-likeness (QED) is 0.841. The maximum atomic E-state index is 11.1. The van der Waals surface area contributed by atoms with E-state index in [0.717, 1.165) is 6.42 Å². The second-order valence-corrected chi connectivity index (χ2v) is 5.24. The summed E-state index contributed by atoms with van der Waals surface area (Å²) in [6.45, 7) is 6.06. The van der Waals surface area contributed by atoms with Crippen LogP contribution in [-0.2, 0) is 4.79 Å². The minimum absolute atomic E-state index is 0.150. The van der Waals surface area contributed by atoms with Gasteiger partial charge in [-0.3, -0.25) is 9.69 Å². The summed E-state index contributed by atoms with van der Waals surface area (Å²) in [5.74, 6) is -0.249. The highest BCUT2D eigenvalue weighted by molar-refractivity contribution is 5.72. The molecule has 1 rings (SSSR count). The summed E-state index contributed by atoms with van der Waals surface area (Å²) in [6, 6.07) is 9.79. The molecule has 0 heterocycles. The monoisotopic (exact) mass is 249 g/mol. The van der Waals surface area contributed by atoms with Crippen LogP contribution in [0.15, 0.2) is 30.3 Å². The first-order valence-electron chi connectivity index (χ1n) is 6.43. The number of hydrogen-bond acceptors (Lipinski definition) is 2. The lowest BCUT2D eigenvalue weighted by molar-refractivity contribution is -0.143. The lowest BCUT2D eigenvalue weighted by Gasteiger charge is -2.32. The zero-order valence-electron chi connectivity index (χ0n) is 11.6. The van der Waals surface area contributed by atoms with Crippen LogP contribution in [0.4, 0.5) is 0 Å². The highest BCUT2D eigenvalue weighted by Crippen LogP contribution is 2.28. The summed E-state index contributed by atoms with van der Waals surface area (Å²) in [5, 5.41) is 9.14. The first-order chi connectivity index (χ1) is 8.43. The molecular weight excluding hydrogens is 226 g/mol. The summed E-state index contributed by atoms with van der Waals surface area (Å²) in [5.41, 5.74) is 1.18. The van der Waals surface area contributed by atoms with Crippen molar-refractivity contribution in [2.45, 2.75) is 39.3 Å². The topological polar surface area (TPSA) is 40.5 Å². The normalized spacial score (nSPS) is 14.8. The molecule has 2 atom stereocenters. The fourth-order valence-corrected chi connectivity index (χ4v) is 2.10. The summed E-state index contributed by atoms with van der Waals surface area (Å²) < 4.78 is 0. The third-order valence-corrected chi connectivity index (χ3v) is 3.34. The molecule has 0 aromatic heterocycles. The van der Waals surface area contributed by atoms with Gasteiger partial charge in [0.25, 0.3) is 0 Å². The molecule has 0 fully saturated rings. The molecule has 0 saturated carbocycles. The summed E-state index contributed by atoms with van der Waals surface area (Å²) in [4.78, 5) is 13.1. The number of carboxylic acid groups (broad SMARTS) is 1. The van der Waals surface area contributed by atoms with Crippen LogP contribution < -0.4 is 0 Å². The number of likely N-dealkylation sites (N-methyl/N-ethyl adjacent to an activating group) is 1. The van der Waals surface area contributed by atoms with Crippen molar-refractivity contribution in [3.63, 3.8) is 0 Å². The molecule has 0 radical (unpaired) electrons. The lowest BCUT2D eigenvalue weighted by atomic mass is 9.95. The van der Waals surface area contributed by atoms with Crippen LogP contribution in [0.25, 0.3) is 0 Å². The van der Waals surface area contributed by atoms with Gasteiger partial charge in [0, 0.05) is 6.04 Å². The molecule has 1 aromatic rings. The molecule has 2 unspecified atom stereocenters. The molecule has 1 aromatic carbocycles. The molecule has 0 amide bonds. The zero-order valence-corrected chi connectivity index (χ0v) is 11.6. The average Bonchev–Trinajstić information content (AvgIpc) is 2.35.